The van der Waals surface area contributed by atoms with Crippen LogP contribution in [-0.4, -0.2) is 52.7 Å². The number of carboxylic acid groups (broad SMARTS) is 1. The maximum atomic E-state index is 13.6. The van der Waals surface area contributed by atoms with E-state index in [-0.39, 0.29) is 41.5 Å². The minimum atomic E-state index is -1.22. The molecular formula is C23H28O7. The van der Waals surface area contributed by atoms with Gasteiger partial charge in [0, 0.05) is 23.0 Å². The number of aliphatic carboxylic acids is 1. The predicted octanol–water partition coefficient (Wildman–Crippen LogP) is 2.17. The lowest BCUT2D eigenvalue weighted by Gasteiger charge is -2.38. The van der Waals surface area contributed by atoms with Gasteiger partial charge in [0.15, 0.2) is 11.5 Å². The molecule has 3 aliphatic carbocycles. The molecule has 0 aromatic heterocycles. The van der Waals surface area contributed by atoms with Gasteiger partial charge < -0.3 is 19.7 Å². The van der Waals surface area contributed by atoms with Crippen LogP contribution in [-0.2, 0) is 23.9 Å². The van der Waals surface area contributed by atoms with Gasteiger partial charge in [-0.15, -0.1) is 0 Å². The molecule has 6 atom stereocenters. The van der Waals surface area contributed by atoms with Crippen molar-refractivity contribution in [1.29, 1.82) is 0 Å². The number of hydrogen-bond acceptors (Lipinski definition) is 6. The first-order valence-corrected chi connectivity index (χ1v) is 10.8. The zero-order chi connectivity index (χ0) is 21.6. The topological polar surface area (TPSA) is 110 Å². The third-order valence-corrected chi connectivity index (χ3v) is 8.04. The predicted molar refractivity (Wildman–Crippen MR) is 104 cm³/mol. The van der Waals surface area contributed by atoms with E-state index >= 15 is 0 Å². The fourth-order valence-corrected chi connectivity index (χ4v) is 6.56. The van der Waals surface area contributed by atoms with Crippen LogP contribution in [0, 0.1) is 23.2 Å². The van der Waals surface area contributed by atoms with Gasteiger partial charge in [-0.2, -0.15) is 0 Å². The zero-order valence-corrected chi connectivity index (χ0v) is 17.6. The van der Waals surface area contributed by atoms with Crippen molar-refractivity contribution < 1.29 is 34.1 Å². The summed E-state index contributed by atoms with van der Waals surface area (Å²) >= 11 is 0. The molecule has 2 saturated heterocycles. The van der Waals surface area contributed by atoms with E-state index in [1.807, 2.05) is 13.8 Å². The molecule has 1 saturated carbocycles. The normalized spacial score (nSPS) is 41.5. The molecule has 3 fully saturated rings. The monoisotopic (exact) mass is 416 g/mol. The summed E-state index contributed by atoms with van der Waals surface area (Å²) < 4.78 is 11.8. The van der Waals surface area contributed by atoms with Gasteiger partial charge in [-0.3, -0.25) is 14.4 Å². The minimum Gasteiger partial charge on any atom is -0.493 e. The van der Waals surface area contributed by atoms with Crippen molar-refractivity contribution in [1.82, 2.24) is 0 Å². The van der Waals surface area contributed by atoms with Gasteiger partial charge in [0.25, 0.3) is 0 Å². The van der Waals surface area contributed by atoms with E-state index < -0.39 is 29.2 Å². The number of methoxy groups -OCH3 is 1. The number of ketones is 2. The first-order valence-electron chi connectivity index (χ1n) is 10.8. The highest BCUT2D eigenvalue weighted by molar-refractivity contribution is 6.10. The summed E-state index contributed by atoms with van der Waals surface area (Å²) in [5.41, 5.74) is -0.110. The quantitative estimate of drug-likeness (QED) is 0.723. The highest BCUT2D eigenvalue weighted by Crippen LogP contribution is 2.61. The van der Waals surface area contributed by atoms with E-state index in [2.05, 4.69) is 0 Å². The van der Waals surface area contributed by atoms with Gasteiger partial charge in [-0.25, -0.2) is 0 Å². The number of carbonyl (C=O) groups excluding carboxylic acids is 2. The Morgan fingerprint density at radius 3 is 2.67 bits per heavy atom. The van der Waals surface area contributed by atoms with Gasteiger partial charge in [-0.05, 0) is 49.5 Å². The number of allylic oxidation sites excluding steroid dienone is 1. The Balaban J connectivity index is 1.52. The van der Waals surface area contributed by atoms with E-state index in [1.165, 1.54) is 7.11 Å². The van der Waals surface area contributed by atoms with E-state index in [1.54, 1.807) is 0 Å². The Labute approximate surface area is 175 Å². The third kappa shape index (κ3) is 2.48. The van der Waals surface area contributed by atoms with E-state index in [9.17, 15) is 24.6 Å². The molecule has 2 aliphatic heterocycles. The Morgan fingerprint density at radius 1 is 1.30 bits per heavy atom. The first-order chi connectivity index (χ1) is 14.1. The standard InChI is InChI=1S/C23H28O7/c1-22(2)18-17(29-3)16(25)14-7-10(6-11-8-13(11)21(27)28)4-5-12(14)19(26)23(18)9-15(24)20(22)30-23/h10-11,13,19-20,26H,4-9H2,1-3H3,(H,27,28)/t10?,11-,13-,19+,20+,23-/m1/s1. The van der Waals surface area contributed by atoms with Crippen molar-refractivity contribution >= 4 is 17.5 Å². The number of rotatable bonds is 4. The number of carboxylic acids is 1. The molecule has 1 unspecified atom stereocenters. The number of hydrogen-bond donors (Lipinski definition) is 2. The SMILES string of the molecule is COC1=C2C(C)(C)[C@H]3O[C@@]2(CC3=O)[C@@H](O)C2=C(CC(C[C@@H]3C[C@H]3C(=O)O)CC2)C1=O. The van der Waals surface area contributed by atoms with Crippen molar-refractivity contribution in [3.05, 3.63) is 22.5 Å². The molecule has 0 amide bonds. The second-order valence-electron chi connectivity index (χ2n) is 10.2. The highest BCUT2D eigenvalue weighted by Gasteiger charge is 2.70. The smallest absolute Gasteiger partial charge is 0.306 e. The average molecular weight is 416 g/mol. The molecule has 30 heavy (non-hydrogen) atoms. The summed E-state index contributed by atoms with van der Waals surface area (Å²) in [4.78, 5) is 37.4. The van der Waals surface area contributed by atoms with Crippen LogP contribution in [0.4, 0.5) is 0 Å². The maximum Gasteiger partial charge on any atom is 0.306 e. The number of carbonyl (C=O) groups is 3. The molecule has 2 bridgehead atoms. The number of aliphatic hydroxyl groups is 1. The summed E-state index contributed by atoms with van der Waals surface area (Å²) in [6.45, 7) is 3.74. The summed E-state index contributed by atoms with van der Waals surface area (Å²) in [6.07, 6.45) is 1.65. The van der Waals surface area contributed by atoms with Crippen LogP contribution in [0.25, 0.3) is 0 Å². The molecule has 2 N–H and O–H groups in total. The van der Waals surface area contributed by atoms with Crippen LogP contribution in [0.3, 0.4) is 0 Å². The van der Waals surface area contributed by atoms with E-state index in [0.29, 0.717) is 36.0 Å². The summed E-state index contributed by atoms with van der Waals surface area (Å²) in [7, 11) is 1.46. The first kappa shape index (κ1) is 19.9. The van der Waals surface area contributed by atoms with Crippen LogP contribution in [0.5, 0.6) is 0 Å². The summed E-state index contributed by atoms with van der Waals surface area (Å²) in [6, 6.07) is 0. The minimum absolute atomic E-state index is 0.0446. The van der Waals surface area contributed by atoms with Crippen molar-refractivity contribution in [2.24, 2.45) is 23.2 Å². The van der Waals surface area contributed by atoms with Crippen molar-refractivity contribution in [3.8, 4) is 0 Å². The van der Waals surface area contributed by atoms with Gasteiger partial charge in [0.2, 0.25) is 5.78 Å². The molecule has 5 rings (SSSR count). The van der Waals surface area contributed by atoms with E-state index in [4.69, 9.17) is 9.47 Å². The molecular weight excluding hydrogens is 388 g/mol. The van der Waals surface area contributed by atoms with Crippen LogP contribution in [0.2, 0.25) is 0 Å². The van der Waals surface area contributed by atoms with Crippen LogP contribution in [0.1, 0.15) is 52.4 Å². The lowest BCUT2D eigenvalue weighted by molar-refractivity contribution is -0.139. The second kappa shape index (κ2) is 6.26. The third-order valence-electron chi connectivity index (χ3n) is 8.04. The molecule has 7 heteroatoms. The molecule has 1 spiro atoms. The lowest BCUT2D eigenvalue weighted by atomic mass is 9.64. The fourth-order valence-electron chi connectivity index (χ4n) is 6.56. The number of fused-ring (bicyclic) bond motifs is 1. The average Bonchev–Trinajstić information content (AvgIpc) is 3.32. The maximum absolute atomic E-state index is 13.6. The second-order valence-corrected chi connectivity index (χ2v) is 10.2. The highest BCUT2D eigenvalue weighted by atomic mass is 16.5. The Hall–Kier alpha value is -1.99. The molecule has 2 heterocycles. The molecule has 0 radical (unpaired) electrons. The van der Waals surface area contributed by atoms with Gasteiger partial charge in [0.1, 0.15) is 17.8 Å². The van der Waals surface area contributed by atoms with Gasteiger partial charge in [0.05, 0.1) is 13.0 Å². The molecule has 0 aromatic carbocycles. The number of ether oxygens (including phenoxy) is 2. The van der Waals surface area contributed by atoms with Crippen molar-refractivity contribution in [2.75, 3.05) is 7.11 Å². The zero-order valence-electron chi connectivity index (χ0n) is 17.6. The van der Waals surface area contributed by atoms with Crippen molar-refractivity contribution in [2.45, 2.75) is 70.2 Å². The number of Topliss-reactive ketones (excluding diaryl/α,β-unsaturated/α-hetero) is 2. The number of aliphatic hydroxyl groups excluding tert-OH is 1. The largest absolute Gasteiger partial charge is 0.493 e. The van der Waals surface area contributed by atoms with Crippen molar-refractivity contribution in [3.63, 3.8) is 0 Å². The Kier molecular flexibility index (Phi) is 4.16. The van der Waals surface area contributed by atoms with Crippen LogP contribution >= 0.6 is 0 Å². The van der Waals surface area contributed by atoms with Gasteiger partial charge in [-0.1, -0.05) is 13.8 Å². The lowest BCUT2D eigenvalue weighted by Crippen LogP contribution is -2.47. The fraction of sp³-hybridized carbons (Fsp3) is 0.696. The van der Waals surface area contributed by atoms with Crippen LogP contribution < -0.4 is 0 Å². The Bertz CT molecular complexity index is 926. The molecule has 0 aromatic rings. The van der Waals surface area contributed by atoms with Gasteiger partial charge >= 0.3 is 5.97 Å². The molecule has 162 valence electrons. The molecule has 7 nitrogen and oxygen atoms in total. The molecule has 5 aliphatic rings. The Morgan fingerprint density at radius 2 is 2.03 bits per heavy atom. The van der Waals surface area contributed by atoms with E-state index in [0.717, 1.165) is 12.8 Å². The summed E-state index contributed by atoms with van der Waals surface area (Å²) in [5, 5.41) is 20.6. The summed E-state index contributed by atoms with van der Waals surface area (Å²) in [5.74, 6) is -0.679. The van der Waals surface area contributed by atoms with Crippen LogP contribution in [0.15, 0.2) is 22.5 Å².